The van der Waals surface area contributed by atoms with Crippen LogP contribution in [0, 0.1) is 5.41 Å². The number of nitrogens with one attached hydrogen (secondary N) is 7. The number of thiazole rings is 1. The lowest BCUT2D eigenvalue weighted by Crippen LogP contribution is -2.58. The first-order valence-corrected chi connectivity index (χ1v) is 15.9. The van der Waals surface area contributed by atoms with Crippen LogP contribution in [0.25, 0.3) is 10.2 Å². The molecule has 1 aromatic heterocycles. The summed E-state index contributed by atoms with van der Waals surface area (Å²) in [4.78, 5) is 94.2. The summed E-state index contributed by atoms with van der Waals surface area (Å²) in [5.74, 6) is -5.26. The van der Waals surface area contributed by atoms with E-state index in [-0.39, 0.29) is 36.9 Å². The van der Waals surface area contributed by atoms with Crippen molar-refractivity contribution in [3.05, 3.63) is 29.3 Å². The molecular weight excluding hydrogens is 632 g/mol. The third kappa shape index (κ3) is 11.6. The van der Waals surface area contributed by atoms with Crippen LogP contribution in [0.3, 0.4) is 0 Å². The summed E-state index contributed by atoms with van der Waals surface area (Å²) in [6, 6.07) is 2.05. The van der Waals surface area contributed by atoms with Crippen LogP contribution in [0.1, 0.15) is 61.7 Å². The summed E-state index contributed by atoms with van der Waals surface area (Å²) in [7, 11) is 0. The second-order valence-electron chi connectivity index (χ2n) is 11.0. The maximum absolute atomic E-state index is 13.7. The molecular formula is C29H40N10O7S. The fraction of sp³-hybridized carbons (Fsp3) is 0.483. The molecule has 6 amide bonds. The van der Waals surface area contributed by atoms with E-state index in [4.69, 9.17) is 16.9 Å². The van der Waals surface area contributed by atoms with E-state index in [2.05, 4.69) is 36.9 Å². The number of primary amides is 1. The predicted molar refractivity (Wildman–Crippen MR) is 172 cm³/mol. The average molecular weight is 673 g/mol. The van der Waals surface area contributed by atoms with Crippen molar-refractivity contribution in [1.29, 1.82) is 5.41 Å². The van der Waals surface area contributed by atoms with Gasteiger partial charge >= 0.3 is 0 Å². The number of amides is 6. The number of rotatable bonds is 11. The monoisotopic (exact) mass is 672 g/mol. The van der Waals surface area contributed by atoms with Gasteiger partial charge in [-0.2, -0.15) is 0 Å². The zero-order valence-electron chi connectivity index (χ0n) is 25.9. The molecule has 47 heavy (non-hydrogen) atoms. The van der Waals surface area contributed by atoms with Gasteiger partial charge in [0.25, 0.3) is 0 Å². The molecule has 1 aliphatic rings. The maximum atomic E-state index is 13.7. The van der Waals surface area contributed by atoms with Gasteiger partial charge < -0.3 is 43.4 Å². The van der Waals surface area contributed by atoms with Crippen LogP contribution >= 0.6 is 11.3 Å². The second kappa shape index (κ2) is 17.5. The average Bonchev–Trinajstić information content (AvgIpc) is 3.44. The number of ketones is 1. The van der Waals surface area contributed by atoms with E-state index in [9.17, 15) is 33.6 Å². The molecule has 17 nitrogen and oxygen atoms in total. The Hall–Kier alpha value is -5.13. The van der Waals surface area contributed by atoms with Gasteiger partial charge in [0.05, 0.1) is 29.1 Å². The number of Topliss-reactive ketones (excluding diaryl/α,β-unsaturated/α-hetero) is 1. The summed E-state index contributed by atoms with van der Waals surface area (Å²) < 4.78 is 0.785. The molecule has 1 saturated heterocycles. The molecule has 0 radical (unpaired) electrons. The maximum Gasteiger partial charge on any atom is 0.243 e. The molecule has 1 aliphatic heterocycles. The molecule has 0 saturated carbocycles. The Bertz CT molecular complexity index is 1480. The highest BCUT2D eigenvalue weighted by Gasteiger charge is 2.33. The number of fused-ring (bicyclic) bond motifs is 1. The van der Waals surface area contributed by atoms with Crippen LogP contribution in [0.5, 0.6) is 0 Å². The molecule has 3 rings (SSSR count). The van der Waals surface area contributed by atoms with Gasteiger partial charge in [0, 0.05) is 20.0 Å². The number of benzene rings is 1. The van der Waals surface area contributed by atoms with Crippen molar-refractivity contribution >= 4 is 68.7 Å². The highest BCUT2D eigenvalue weighted by molar-refractivity contribution is 7.20. The summed E-state index contributed by atoms with van der Waals surface area (Å²) in [5, 5.41) is 22.9. The van der Waals surface area contributed by atoms with E-state index >= 15 is 0 Å². The zero-order valence-corrected chi connectivity index (χ0v) is 26.7. The second-order valence-corrected chi connectivity index (χ2v) is 12.0. The quantitative estimate of drug-likeness (QED) is 0.0563. The number of guanidine groups is 1. The van der Waals surface area contributed by atoms with Gasteiger partial charge in [-0.1, -0.05) is 12.1 Å². The fourth-order valence-electron chi connectivity index (χ4n) is 4.83. The van der Waals surface area contributed by atoms with Crippen molar-refractivity contribution in [2.45, 2.75) is 76.0 Å². The molecule has 0 aliphatic carbocycles. The van der Waals surface area contributed by atoms with Crippen LogP contribution in [0.4, 0.5) is 0 Å². The molecule has 2 heterocycles. The summed E-state index contributed by atoms with van der Waals surface area (Å²) in [5.41, 5.74) is 11.3. The Morgan fingerprint density at radius 3 is 2.51 bits per heavy atom. The standard InChI is InChI=1S/C29H40N10O7S/c1-15(40)35-20-14-23(42)33-11-5-4-8-18(37-26(45)19(13-22(30)41)38-27(20)46)25(44)36-17(9-6-12-34-29(31)32)24(43)28-39-16-7-2-3-10-21(16)47-28/h2-3,7,10,17-20H,4-6,8-9,11-14H2,1H3,(H2,30,41)(H,33,42)(H,35,40)(H,36,44)(H,37,45)(H,38,46)(H4,31,32,34)/t17?,18-,19-,20-/m0/s1. The third-order valence-electron chi connectivity index (χ3n) is 7.12. The minimum Gasteiger partial charge on any atom is -0.370 e. The molecule has 1 fully saturated rings. The minimum atomic E-state index is -1.53. The fourth-order valence-corrected chi connectivity index (χ4v) is 5.79. The van der Waals surface area contributed by atoms with Crippen molar-refractivity contribution in [1.82, 2.24) is 36.9 Å². The van der Waals surface area contributed by atoms with Gasteiger partial charge in [0.1, 0.15) is 18.1 Å². The Kier molecular flexibility index (Phi) is 13.6. The molecule has 1 unspecified atom stereocenters. The smallest absolute Gasteiger partial charge is 0.243 e. The first kappa shape index (κ1) is 36.3. The SMILES string of the molecule is CC(=O)N[C@H]1CC(=O)NCCCC[C@@H](C(=O)NC(CCCNC(=N)N)C(=O)c2nc3ccccc3s2)NC(=O)[C@H](CC(N)=O)NC1=O. The number of carbonyl (C=O) groups excluding carboxylic acids is 7. The van der Waals surface area contributed by atoms with E-state index in [1.165, 1.54) is 11.3 Å². The number of hydrogen-bond acceptors (Lipinski definition) is 10. The van der Waals surface area contributed by atoms with Crippen LogP contribution in [-0.4, -0.2) is 89.4 Å². The van der Waals surface area contributed by atoms with E-state index in [1.807, 2.05) is 12.1 Å². The predicted octanol–water partition coefficient (Wildman–Crippen LogP) is -1.73. The van der Waals surface area contributed by atoms with Gasteiger partial charge in [-0.3, -0.25) is 39.0 Å². The normalized spacial score (nSPS) is 20.0. The van der Waals surface area contributed by atoms with Gasteiger partial charge in [-0.15, -0.1) is 11.3 Å². The van der Waals surface area contributed by atoms with E-state index in [0.29, 0.717) is 24.8 Å². The highest BCUT2D eigenvalue weighted by Crippen LogP contribution is 2.23. The molecule has 1 aromatic carbocycles. The number of hydrogen-bond donors (Lipinski definition) is 9. The third-order valence-corrected chi connectivity index (χ3v) is 8.17. The Morgan fingerprint density at radius 1 is 1.09 bits per heavy atom. The van der Waals surface area contributed by atoms with E-state index in [0.717, 1.165) is 11.6 Å². The number of carbonyl (C=O) groups is 7. The molecule has 254 valence electrons. The van der Waals surface area contributed by atoms with Crippen molar-refractivity contribution < 1.29 is 33.6 Å². The van der Waals surface area contributed by atoms with Crippen LogP contribution < -0.4 is 43.4 Å². The molecule has 0 bridgehead atoms. The van der Waals surface area contributed by atoms with E-state index in [1.54, 1.807) is 12.1 Å². The van der Waals surface area contributed by atoms with Crippen molar-refractivity contribution in [2.24, 2.45) is 11.5 Å². The lowest BCUT2D eigenvalue weighted by molar-refractivity contribution is -0.136. The van der Waals surface area contributed by atoms with Crippen LogP contribution in [-0.2, 0) is 28.8 Å². The molecule has 0 spiro atoms. The summed E-state index contributed by atoms with van der Waals surface area (Å²) in [6.45, 7) is 1.61. The largest absolute Gasteiger partial charge is 0.370 e. The summed E-state index contributed by atoms with van der Waals surface area (Å²) in [6.07, 6.45) is 0.309. The van der Waals surface area contributed by atoms with Gasteiger partial charge in [0.15, 0.2) is 11.0 Å². The Morgan fingerprint density at radius 2 is 1.83 bits per heavy atom. The van der Waals surface area contributed by atoms with Crippen LogP contribution in [0.2, 0.25) is 0 Å². The lowest BCUT2D eigenvalue weighted by Gasteiger charge is -2.26. The van der Waals surface area contributed by atoms with Gasteiger partial charge in [-0.25, -0.2) is 4.98 Å². The first-order chi connectivity index (χ1) is 22.3. The van der Waals surface area contributed by atoms with Gasteiger partial charge in [-0.05, 0) is 44.2 Å². The zero-order chi connectivity index (χ0) is 34.5. The molecule has 4 atom stereocenters. The van der Waals surface area contributed by atoms with Gasteiger partial charge in [0.2, 0.25) is 41.2 Å². The topological polar surface area (TPSA) is 280 Å². The Balaban J connectivity index is 1.85. The number of nitrogens with two attached hydrogens (primary N) is 2. The number of nitrogens with zero attached hydrogens (tertiary/aromatic N) is 1. The lowest BCUT2D eigenvalue weighted by atomic mass is 10.0. The van der Waals surface area contributed by atoms with Crippen molar-refractivity contribution in [3.63, 3.8) is 0 Å². The van der Waals surface area contributed by atoms with Crippen molar-refractivity contribution in [2.75, 3.05) is 13.1 Å². The number of para-hydroxylation sites is 1. The molecule has 11 N–H and O–H groups in total. The first-order valence-electron chi connectivity index (χ1n) is 15.0. The van der Waals surface area contributed by atoms with Crippen molar-refractivity contribution in [3.8, 4) is 0 Å². The highest BCUT2D eigenvalue weighted by atomic mass is 32.1. The van der Waals surface area contributed by atoms with E-state index < -0.39 is 78.2 Å². The Labute approximate surface area is 274 Å². The summed E-state index contributed by atoms with van der Waals surface area (Å²) >= 11 is 1.17. The molecule has 18 heteroatoms. The number of aromatic nitrogens is 1. The molecule has 2 aromatic rings. The minimum absolute atomic E-state index is 0.0904. The van der Waals surface area contributed by atoms with Crippen LogP contribution in [0.15, 0.2) is 24.3 Å².